The van der Waals surface area contributed by atoms with Crippen molar-refractivity contribution >= 4 is 5.91 Å². The molecule has 21 heavy (non-hydrogen) atoms. The monoisotopic (exact) mass is 304 g/mol. The lowest BCUT2D eigenvalue weighted by Gasteiger charge is -2.32. The molecular formula is C14H16F4N2O. The first-order valence-corrected chi connectivity index (χ1v) is 6.67. The van der Waals surface area contributed by atoms with Gasteiger partial charge in [-0.15, -0.1) is 0 Å². The van der Waals surface area contributed by atoms with Crippen LogP contribution >= 0.6 is 0 Å². The fourth-order valence-electron chi connectivity index (χ4n) is 2.48. The maximum Gasteiger partial charge on any atom is 0.419 e. The highest BCUT2D eigenvalue weighted by molar-refractivity contribution is 5.94. The molecule has 0 radical (unpaired) electrons. The van der Waals surface area contributed by atoms with Crippen molar-refractivity contribution in [3.8, 4) is 0 Å². The Morgan fingerprint density at radius 2 is 2.10 bits per heavy atom. The van der Waals surface area contributed by atoms with Crippen LogP contribution in [-0.2, 0) is 6.18 Å². The Morgan fingerprint density at radius 3 is 2.71 bits per heavy atom. The van der Waals surface area contributed by atoms with Crippen molar-refractivity contribution < 1.29 is 22.4 Å². The summed E-state index contributed by atoms with van der Waals surface area (Å²) < 4.78 is 52.0. The summed E-state index contributed by atoms with van der Waals surface area (Å²) in [5.41, 5.74) is -1.93. The van der Waals surface area contributed by atoms with E-state index in [1.807, 2.05) is 0 Å². The van der Waals surface area contributed by atoms with Gasteiger partial charge in [-0.2, -0.15) is 13.2 Å². The number of alkyl halides is 3. The first-order valence-electron chi connectivity index (χ1n) is 6.67. The Bertz CT molecular complexity index is 530. The van der Waals surface area contributed by atoms with Gasteiger partial charge < -0.3 is 10.2 Å². The molecule has 0 bridgehead atoms. The minimum atomic E-state index is -4.81. The van der Waals surface area contributed by atoms with E-state index < -0.39 is 29.0 Å². The van der Waals surface area contributed by atoms with E-state index in [1.165, 1.54) is 4.90 Å². The third kappa shape index (κ3) is 3.34. The fraction of sp³-hybridized carbons (Fsp3) is 0.500. The summed E-state index contributed by atoms with van der Waals surface area (Å²) in [5.74, 6) is -2.19. The van der Waals surface area contributed by atoms with Crippen LogP contribution in [0.1, 0.15) is 28.8 Å². The van der Waals surface area contributed by atoms with E-state index in [-0.39, 0.29) is 6.04 Å². The first kappa shape index (κ1) is 15.8. The number of hydrogen-bond donors (Lipinski definition) is 1. The maximum absolute atomic E-state index is 14.0. The van der Waals surface area contributed by atoms with Crippen molar-refractivity contribution in [2.45, 2.75) is 25.1 Å². The summed E-state index contributed by atoms with van der Waals surface area (Å²) in [6.07, 6.45) is -3.20. The maximum atomic E-state index is 14.0. The number of piperidine rings is 1. The minimum absolute atomic E-state index is 0.0801. The molecule has 1 heterocycles. The molecule has 1 fully saturated rings. The highest BCUT2D eigenvalue weighted by Crippen LogP contribution is 2.32. The number of rotatable bonds is 2. The molecule has 1 amide bonds. The van der Waals surface area contributed by atoms with E-state index in [9.17, 15) is 22.4 Å². The van der Waals surface area contributed by atoms with Crippen LogP contribution in [-0.4, -0.2) is 37.0 Å². The lowest BCUT2D eigenvalue weighted by atomic mass is 10.0. The second-order valence-electron chi connectivity index (χ2n) is 5.04. The van der Waals surface area contributed by atoms with Crippen LogP contribution in [0.3, 0.4) is 0 Å². The molecule has 0 unspecified atom stereocenters. The molecule has 7 heteroatoms. The predicted molar refractivity (Wildman–Crippen MR) is 69.4 cm³/mol. The van der Waals surface area contributed by atoms with Crippen LogP contribution < -0.4 is 5.32 Å². The van der Waals surface area contributed by atoms with Gasteiger partial charge in [0.15, 0.2) is 0 Å². The van der Waals surface area contributed by atoms with E-state index in [0.717, 1.165) is 25.0 Å². The number of carbonyl (C=O) groups is 1. The SMILES string of the molecule is CN[C@H]1CCCN(C(=O)c2cccc(C(F)(F)F)c2F)C1. The van der Waals surface area contributed by atoms with E-state index >= 15 is 0 Å². The summed E-state index contributed by atoms with van der Waals surface area (Å²) in [7, 11) is 1.75. The van der Waals surface area contributed by atoms with E-state index in [0.29, 0.717) is 19.2 Å². The molecule has 1 N–H and O–H groups in total. The van der Waals surface area contributed by atoms with Crippen molar-refractivity contribution in [3.63, 3.8) is 0 Å². The molecule has 3 nitrogen and oxygen atoms in total. The minimum Gasteiger partial charge on any atom is -0.337 e. The van der Waals surface area contributed by atoms with Crippen molar-refractivity contribution in [3.05, 3.63) is 35.1 Å². The van der Waals surface area contributed by atoms with Crippen LogP contribution in [0.2, 0.25) is 0 Å². The smallest absolute Gasteiger partial charge is 0.337 e. The Morgan fingerprint density at radius 1 is 1.38 bits per heavy atom. The summed E-state index contributed by atoms with van der Waals surface area (Å²) >= 11 is 0. The van der Waals surface area contributed by atoms with Gasteiger partial charge in [0.25, 0.3) is 5.91 Å². The summed E-state index contributed by atoms with van der Waals surface area (Å²) in [6.45, 7) is 0.789. The number of halogens is 4. The summed E-state index contributed by atoms with van der Waals surface area (Å²) in [6, 6.07) is 2.87. The molecule has 1 saturated heterocycles. The number of nitrogens with one attached hydrogen (secondary N) is 1. The molecule has 116 valence electrons. The second-order valence-corrected chi connectivity index (χ2v) is 5.04. The molecule has 1 aromatic carbocycles. The van der Waals surface area contributed by atoms with Gasteiger partial charge in [-0.3, -0.25) is 4.79 Å². The number of likely N-dealkylation sites (N-methyl/N-ethyl adjacent to an activating group) is 1. The molecular weight excluding hydrogens is 288 g/mol. The Kier molecular flexibility index (Phi) is 4.51. The number of likely N-dealkylation sites (tertiary alicyclic amines) is 1. The average Bonchev–Trinajstić information content (AvgIpc) is 2.45. The topological polar surface area (TPSA) is 32.3 Å². The standard InChI is InChI=1S/C14H16F4N2O/c1-19-9-4-3-7-20(8-9)13(21)10-5-2-6-11(12(10)15)14(16,17)18/h2,5-6,9,19H,3-4,7-8H2,1H3/t9-/m0/s1. The van der Waals surface area contributed by atoms with E-state index in [1.54, 1.807) is 7.05 Å². The number of carbonyl (C=O) groups excluding carboxylic acids is 1. The van der Waals surface area contributed by atoms with Crippen LogP contribution in [0.4, 0.5) is 17.6 Å². The van der Waals surface area contributed by atoms with Crippen LogP contribution in [0.5, 0.6) is 0 Å². The van der Waals surface area contributed by atoms with Gasteiger partial charge in [0.05, 0.1) is 11.1 Å². The van der Waals surface area contributed by atoms with Crippen LogP contribution in [0, 0.1) is 5.82 Å². The van der Waals surface area contributed by atoms with E-state index in [2.05, 4.69) is 5.32 Å². The molecule has 0 spiro atoms. The summed E-state index contributed by atoms with van der Waals surface area (Å²) in [4.78, 5) is 13.6. The van der Waals surface area contributed by atoms with Crippen LogP contribution in [0.25, 0.3) is 0 Å². The average molecular weight is 304 g/mol. The third-order valence-electron chi connectivity index (χ3n) is 3.65. The molecule has 0 saturated carbocycles. The molecule has 0 aliphatic carbocycles. The van der Waals surface area contributed by atoms with Crippen LogP contribution in [0.15, 0.2) is 18.2 Å². The Balaban J connectivity index is 2.27. The molecule has 1 aliphatic heterocycles. The molecule has 2 rings (SSSR count). The Hall–Kier alpha value is -1.63. The predicted octanol–water partition coefficient (Wildman–Crippen LogP) is 2.67. The third-order valence-corrected chi connectivity index (χ3v) is 3.65. The zero-order valence-corrected chi connectivity index (χ0v) is 11.5. The highest BCUT2D eigenvalue weighted by Gasteiger charge is 2.36. The Labute approximate surface area is 119 Å². The zero-order chi connectivity index (χ0) is 15.6. The first-order chi connectivity index (χ1) is 9.84. The normalized spacial score (nSPS) is 19.7. The van der Waals surface area contributed by atoms with Crippen molar-refractivity contribution in [1.29, 1.82) is 0 Å². The quantitative estimate of drug-likeness (QED) is 0.852. The fourth-order valence-corrected chi connectivity index (χ4v) is 2.48. The van der Waals surface area contributed by atoms with Gasteiger partial charge >= 0.3 is 6.18 Å². The molecule has 0 aromatic heterocycles. The second kappa shape index (κ2) is 6.01. The largest absolute Gasteiger partial charge is 0.419 e. The van der Waals surface area contributed by atoms with Crippen molar-refractivity contribution in [2.75, 3.05) is 20.1 Å². The van der Waals surface area contributed by atoms with Gasteiger partial charge in [0.1, 0.15) is 5.82 Å². The van der Waals surface area contributed by atoms with Gasteiger partial charge in [0.2, 0.25) is 0 Å². The van der Waals surface area contributed by atoms with Gasteiger partial charge in [-0.1, -0.05) is 6.07 Å². The number of hydrogen-bond acceptors (Lipinski definition) is 2. The number of amides is 1. The molecule has 1 aliphatic rings. The number of nitrogens with zero attached hydrogens (tertiary/aromatic N) is 1. The van der Waals surface area contributed by atoms with Crippen molar-refractivity contribution in [1.82, 2.24) is 10.2 Å². The van der Waals surface area contributed by atoms with E-state index in [4.69, 9.17) is 0 Å². The summed E-state index contributed by atoms with van der Waals surface area (Å²) in [5, 5.41) is 3.02. The zero-order valence-electron chi connectivity index (χ0n) is 11.5. The molecule has 1 aromatic rings. The van der Waals surface area contributed by atoms with Gasteiger partial charge in [-0.05, 0) is 32.0 Å². The lowest BCUT2D eigenvalue weighted by Crippen LogP contribution is -2.47. The molecule has 1 atom stereocenters. The number of benzene rings is 1. The van der Waals surface area contributed by atoms with Gasteiger partial charge in [-0.25, -0.2) is 4.39 Å². The van der Waals surface area contributed by atoms with Gasteiger partial charge in [0, 0.05) is 19.1 Å². The van der Waals surface area contributed by atoms with Crippen molar-refractivity contribution in [2.24, 2.45) is 0 Å². The highest BCUT2D eigenvalue weighted by atomic mass is 19.4. The lowest BCUT2D eigenvalue weighted by molar-refractivity contribution is -0.140.